The summed E-state index contributed by atoms with van der Waals surface area (Å²) in [4.78, 5) is 0. The lowest BCUT2D eigenvalue weighted by Crippen LogP contribution is -2.22. The quantitative estimate of drug-likeness (QED) is 0.840. The first-order chi connectivity index (χ1) is 8.18. The molecule has 3 N–H and O–H groups in total. The number of nitrogens with two attached hydrogens (primary N) is 1. The SMILES string of the molecule is NC1(CCc2c(O)ccc3c2CCCC3)CC1. The molecule has 0 spiro atoms. The van der Waals surface area contributed by atoms with Crippen molar-refractivity contribution in [1.82, 2.24) is 0 Å². The monoisotopic (exact) mass is 231 g/mol. The minimum atomic E-state index is 0.0871. The number of rotatable bonds is 3. The van der Waals surface area contributed by atoms with Gasteiger partial charge in [0.2, 0.25) is 0 Å². The molecule has 17 heavy (non-hydrogen) atoms. The fourth-order valence-electron chi connectivity index (χ4n) is 2.96. The molecule has 1 fully saturated rings. The molecule has 92 valence electrons. The van der Waals surface area contributed by atoms with Gasteiger partial charge in [-0.05, 0) is 74.1 Å². The number of fused-ring (bicyclic) bond motifs is 1. The van der Waals surface area contributed by atoms with Crippen LogP contribution in [0.5, 0.6) is 5.75 Å². The third kappa shape index (κ3) is 2.19. The van der Waals surface area contributed by atoms with Crippen LogP contribution in [0.2, 0.25) is 0 Å². The maximum absolute atomic E-state index is 10.0. The highest BCUT2D eigenvalue weighted by Gasteiger charge is 2.37. The third-order valence-electron chi connectivity index (χ3n) is 4.39. The van der Waals surface area contributed by atoms with Crippen LogP contribution in [0.15, 0.2) is 12.1 Å². The van der Waals surface area contributed by atoms with Crippen molar-refractivity contribution in [2.75, 3.05) is 0 Å². The summed E-state index contributed by atoms with van der Waals surface area (Å²) in [5.74, 6) is 0.481. The molecule has 1 aromatic carbocycles. The molecule has 2 aliphatic carbocycles. The van der Waals surface area contributed by atoms with Crippen molar-refractivity contribution in [2.24, 2.45) is 5.73 Å². The van der Waals surface area contributed by atoms with E-state index >= 15 is 0 Å². The van der Waals surface area contributed by atoms with Gasteiger partial charge >= 0.3 is 0 Å². The van der Waals surface area contributed by atoms with E-state index in [-0.39, 0.29) is 5.54 Å². The minimum absolute atomic E-state index is 0.0871. The lowest BCUT2D eigenvalue weighted by molar-refractivity contribution is 0.461. The summed E-state index contributed by atoms with van der Waals surface area (Å²) in [7, 11) is 0. The van der Waals surface area contributed by atoms with E-state index in [1.807, 2.05) is 6.07 Å². The van der Waals surface area contributed by atoms with Crippen LogP contribution in [-0.2, 0) is 19.3 Å². The molecule has 0 heterocycles. The highest BCUT2D eigenvalue weighted by atomic mass is 16.3. The molecular formula is C15H21NO. The molecular weight excluding hydrogens is 210 g/mol. The Labute approximate surface area is 103 Å². The first-order valence-corrected chi connectivity index (χ1v) is 6.79. The number of aromatic hydroxyl groups is 1. The minimum Gasteiger partial charge on any atom is -0.508 e. The van der Waals surface area contributed by atoms with Gasteiger partial charge in [0.1, 0.15) is 5.75 Å². The average Bonchev–Trinajstić information content (AvgIpc) is 3.06. The maximum atomic E-state index is 10.0. The first-order valence-electron chi connectivity index (χ1n) is 6.79. The average molecular weight is 231 g/mol. The van der Waals surface area contributed by atoms with Crippen LogP contribution in [0.3, 0.4) is 0 Å². The lowest BCUT2D eigenvalue weighted by Gasteiger charge is -2.21. The molecule has 2 heteroatoms. The zero-order chi connectivity index (χ0) is 11.9. The van der Waals surface area contributed by atoms with Gasteiger partial charge < -0.3 is 10.8 Å². The van der Waals surface area contributed by atoms with Crippen molar-refractivity contribution < 1.29 is 5.11 Å². The predicted octanol–water partition coefficient (Wildman–Crippen LogP) is 2.69. The summed E-state index contributed by atoms with van der Waals surface area (Å²) in [6, 6.07) is 3.97. The predicted molar refractivity (Wildman–Crippen MR) is 69.2 cm³/mol. The van der Waals surface area contributed by atoms with Gasteiger partial charge in [-0.25, -0.2) is 0 Å². The van der Waals surface area contributed by atoms with Crippen molar-refractivity contribution in [2.45, 2.75) is 56.9 Å². The summed E-state index contributed by atoms with van der Waals surface area (Å²) in [5.41, 5.74) is 10.3. The second kappa shape index (κ2) is 4.02. The Balaban J connectivity index is 1.85. The number of phenolic OH excluding ortho intramolecular Hbond substituents is 1. The number of benzene rings is 1. The summed E-state index contributed by atoms with van der Waals surface area (Å²) in [6.45, 7) is 0. The molecule has 0 bridgehead atoms. The standard InChI is InChI=1S/C15H21NO/c16-15(9-10-15)8-7-13-12-4-2-1-3-11(12)5-6-14(13)17/h5-6,17H,1-4,7-10,16H2. The molecule has 0 atom stereocenters. The normalized spacial score (nSPS) is 21.0. The topological polar surface area (TPSA) is 46.2 Å². The van der Waals surface area contributed by atoms with E-state index in [0.29, 0.717) is 5.75 Å². The van der Waals surface area contributed by atoms with E-state index < -0.39 is 0 Å². The Hall–Kier alpha value is -1.02. The second-order valence-electron chi connectivity index (χ2n) is 5.77. The Kier molecular flexibility index (Phi) is 2.62. The van der Waals surface area contributed by atoms with Gasteiger partial charge in [-0.3, -0.25) is 0 Å². The molecule has 0 radical (unpaired) electrons. The van der Waals surface area contributed by atoms with E-state index in [1.54, 1.807) is 0 Å². The number of aryl methyl sites for hydroxylation is 1. The van der Waals surface area contributed by atoms with Crippen LogP contribution in [-0.4, -0.2) is 10.6 Å². The summed E-state index contributed by atoms with van der Waals surface area (Å²) in [6.07, 6.45) is 9.15. The van der Waals surface area contributed by atoms with Crippen LogP contribution in [0.25, 0.3) is 0 Å². The van der Waals surface area contributed by atoms with Crippen LogP contribution in [0.1, 0.15) is 48.8 Å². The van der Waals surface area contributed by atoms with E-state index in [4.69, 9.17) is 5.73 Å². The fourth-order valence-corrected chi connectivity index (χ4v) is 2.96. The Morgan fingerprint density at radius 1 is 1.18 bits per heavy atom. The fraction of sp³-hybridized carbons (Fsp3) is 0.600. The largest absolute Gasteiger partial charge is 0.508 e. The van der Waals surface area contributed by atoms with Gasteiger partial charge in [-0.15, -0.1) is 0 Å². The molecule has 0 saturated heterocycles. The van der Waals surface area contributed by atoms with E-state index in [0.717, 1.165) is 32.1 Å². The van der Waals surface area contributed by atoms with E-state index in [2.05, 4.69) is 6.07 Å². The molecule has 0 aliphatic heterocycles. The van der Waals surface area contributed by atoms with Crippen molar-refractivity contribution in [3.05, 3.63) is 28.8 Å². The first kappa shape index (κ1) is 11.1. The van der Waals surface area contributed by atoms with Gasteiger partial charge in [-0.1, -0.05) is 6.07 Å². The molecule has 1 saturated carbocycles. The van der Waals surface area contributed by atoms with Crippen molar-refractivity contribution in [3.8, 4) is 5.75 Å². The zero-order valence-electron chi connectivity index (χ0n) is 10.3. The van der Waals surface area contributed by atoms with E-state index in [9.17, 15) is 5.11 Å². The number of hydrogen-bond acceptors (Lipinski definition) is 2. The molecule has 1 aromatic rings. The second-order valence-corrected chi connectivity index (χ2v) is 5.77. The van der Waals surface area contributed by atoms with Crippen LogP contribution in [0, 0.1) is 0 Å². The zero-order valence-corrected chi connectivity index (χ0v) is 10.3. The summed E-state index contributed by atoms with van der Waals surface area (Å²) >= 11 is 0. The van der Waals surface area contributed by atoms with Crippen LogP contribution in [0.4, 0.5) is 0 Å². The molecule has 0 amide bonds. The maximum Gasteiger partial charge on any atom is 0.119 e. The number of phenols is 1. The van der Waals surface area contributed by atoms with Crippen LogP contribution >= 0.6 is 0 Å². The number of hydrogen-bond donors (Lipinski definition) is 2. The van der Waals surface area contributed by atoms with Gasteiger partial charge in [0, 0.05) is 5.54 Å². The Morgan fingerprint density at radius 3 is 2.71 bits per heavy atom. The van der Waals surface area contributed by atoms with Gasteiger partial charge in [0.05, 0.1) is 0 Å². The molecule has 2 nitrogen and oxygen atoms in total. The van der Waals surface area contributed by atoms with Gasteiger partial charge in [0.25, 0.3) is 0 Å². The van der Waals surface area contributed by atoms with Crippen LogP contribution < -0.4 is 5.73 Å². The smallest absolute Gasteiger partial charge is 0.119 e. The molecule has 2 aliphatic rings. The van der Waals surface area contributed by atoms with Crippen molar-refractivity contribution in [1.29, 1.82) is 0 Å². The molecule has 0 aromatic heterocycles. The molecule has 0 unspecified atom stereocenters. The van der Waals surface area contributed by atoms with Crippen molar-refractivity contribution in [3.63, 3.8) is 0 Å². The highest BCUT2D eigenvalue weighted by Crippen LogP contribution is 2.39. The Morgan fingerprint density at radius 2 is 1.94 bits per heavy atom. The highest BCUT2D eigenvalue weighted by molar-refractivity contribution is 5.45. The van der Waals surface area contributed by atoms with Gasteiger partial charge in [-0.2, -0.15) is 0 Å². The van der Waals surface area contributed by atoms with Crippen molar-refractivity contribution >= 4 is 0 Å². The lowest BCUT2D eigenvalue weighted by atomic mass is 9.86. The van der Waals surface area contributed by atoms with E-state index in [1.165, 1.54) is 36.0 Å². The van der Waals surface area contributed by atoms with Gasteiger partial charge in [0.15, 0.2) is 0 Å². The third-order valence-corrected chi connectivity index (χ3v) is 4.39. The summed E-state index contributed by atoms with van der Waals surface area (Å²) < 4.78 is 0. The Bertz CT molecular complexity index is 435. The summed E-state index contributed by atoms with van der Waals surface area (Å²) in [5, 5.41) is 10.0. The molecule has 3 rings (SSSR count).